The number of pyridine rings is 1. The number of methoxy groups -OCH3 is 1. The van der Waals surface area contributed by atoms with Crippen LogP contribution in [-0.2, 0) is 4.74 Å². The first kappa shape index (κ1) is 22.1. The first-order valence-corrected chi connectivity index (χ1v) is 11.2. The molecular weight excluding hydrogens is 442 g/mol. The summed E-state index contributed by atoms with van der Waals surface area (Å²) < 4.78 is 12.3. The second kappa shape index (κ2) is 9.64. The number of benzene rings is 3. The van der Waals surface area contributed by atoms with Gasteiger partial charge in [-0.25, -0.2) is 4.79 Å². The highest BCUT2D eigenvalue weighted by molar-refractivity contribution is 5.96. The lowest BCUT2D eigenvalue weighted by molar-refractivity contribution is 0.0526. The molecule has 8 heteroatoms. The van der Waals surface area contributed by atoms with E-state index in [-0.39, 0.29) is 5.97 Å². The molecule has 0 aliphatic carbocycles. The summed E-state index contributed by atoms with van der Waals surface area (Å²) in [6.07, 6.45) is 1.72. The van der Waals surface area contributed by atoms with Crippen LogP contribution in [0.1, 0.15) is 22.8 Å². The smallest absolute Gasteiger partial charge is 0.338 e. The SMILES string of the molecule is CCOC(=O)c1ccc(N/N=C/c2cc3ccccc3n3c(-c4ccc(OC)cc4)nnc23)cc1. The summed E-state index contributed by atoms with van der Waals surface area (Å²) in [7, 11) is 1.64. The van der Waals surface area contributed by atoms with Gasteiger partial charge in [-0.3, -0.25) is 9.83 Å². The first-order valence-electron chi connectivity index (χ1n) is 11.2. The number of fused-ring (bicyclic) bond motifs is 3. The minimum atomic E-state index is -0.347. The molecule has 5 rings (SSSR count). The molecule has 2 aromatic heterocycles. The third kappa shape index (κ3) is 4.41. The van der Waals surface area contributed by atoms with Gasteiger partial charge in [0, 0.05) is 11.1 Å². The highest BCUT2D eigenvalue weighted by Crippen LogP contribution is 2.27. The van der Waals surface area contributed by atoms with Crippen molar-refractivity contribution < 1.29 is 14.3 Å². The van der Waals surface area contributed by atoms with Gasteiger partial charge in [-0.2, -0.15) is 5.10 Å². The van der Waals surface area contributed by atoms with Crippen molar-refractivity contribution >= 4 is 34.4 Å². The zero-order chi connectivity index (χ0) is 24.2. The molecule has 0 unspecified atom stereocenters. The van der Waals surface area contributed by atoms with Gasteiger partial charge in [0.15, 0.2) is 11.5 Å². The fourth-order valence-corrected chi connectivity index (χ4v) is 3.84. The number of nitrogens with zero attached hydrogens (tertiary/aromatic N) is 4. The van der Waals surface area contributed by atoms with E-state index in [4.69, 9.17) is 9.47 Å². The van der Waals surface area contributed by atoms with E-state index in [9.17, 15) is 4.79 Å². The van der Waals surface area contributed by atoms with Crippen LogP contribution in [0.2, 0.25) is 0 Å². The third-order valence-electron chi connectivity index (χ3n) is 5.55. The highest BCUT2D eigenvalue weighted by atomic mass is 16.5. The predicted octanol–water partition coefficient (Wildman–Crippen LogP) is 5.18. The third-order valence-corrected chi connectivity index (χ3v) is 5.55. The Balaban J connectivity index is 1.49. The second-order valence-corrected chi connectivity index (χ2v) is 7.74. The van der Waals surface area contributed by atoms with E-state index >= 15 is 0 Å². The van der Waals surface area contributed by atoms with Crippen LogP contribution in [0.4, 0.5) is 5.69 Å². The Morgan fingerprint density at radius 1 is 1.03 bits per heavy atom. The van der Waals surface area contributed by atoms with E-state index in [1.54, 1.807) is 44.5 Å². The van der Waals surface area contributed by atoms with Crippen LogP contribution in [-0.4, -0.2) is 40.5 Å². The number of carbonyl (C=O) groups excluding carboxylic acids is 1. The number of ether oxygens (including phenoxy) is 2. The highest BCUT2D eigenvalue weighted by Gasteiger charge is 2.14. The Hall–Kier alpha value is -4.72. The van der Waals surface area contributed by atoms with Gasteiger partial charge in [-0.05, 0) is 73.0 Å². The molecule has 1 N–H and O–H groups in total. The van der Waals surface area contributed by atoms with Gasteiger partial charge < -0.3 is 9.47 Å². The fourth-order valence-electron chi connectivity index (χ4n) is 3.84. The fraction of sp³-hybridized carbons (Fsp3) is 0.111. The number of hydrogen-bond donors (Lipinski definition) is 1. The molecule has 0 bridgehead atoms. The lowest BCUT2D eigenvalue weighted by Gasteiger charge is -2.08. The number of para-hydroxylation sites is 1. The lowest BCUT2D eigenvalue weighted by Crippen LogP contribution is -2.04. The van der Waals surface area contributed by atoms with E-state index in [1.165, 1.54) is 0 Å². The van der Waals surface area contributed by atoms with Crippen molar-refractivity contribution in [3.05, 3.63) is 90.0 Å². The molecule has 35 heavy (non-hydrogen) atoms. The predicted molar refractivity (Wildman–Crippen MR) is 136 cm³/mol. The van der Waals surface area contributed by atoms with Gasteiger partial charge in [0.1, 0.15) is 5.75 Å². The molecule has 8 nitrogen and oxygen atoms in total. The van der Waals surface area contributed by atoms with Crippen LogP contribution < -0.4 is 10.2 Å². The van der Waals surface area contributed by atoms with Crippen molar-refractivity contribution in [1.29, 1.82) is 0 Å². The molecule has 0 atom stereocenters. The van der Waals surface area contributed by atoms with Gasteiger partial charge >= 0.3 is 5.97 Å². The number of anilines is 1. The molecule has 2 heterocycles. The molecule has 0 aliphatic rings. The van der Waals surface area contributed by atoms with E-state index in [1.807, 2.05) is 59.0 Å². The molecule has 5 aromatic rings. The average molecular weight is 466 g/mol. The molecule has 0 saturated heterocycles. The van der Waals surface area contributed by atoms with Crippen LogP contribution in [0, 0.1) is 0 Å². The maximum atomic E-state index is 11.8. The Kier molecular flexibility index (Phi) is 6.09. The number of rotatable bonds is 7. The lowest BCUT2D eigenvalue weighted by atomic mass is 10.1. The molecule has 3 aromatic carbocycles. The van der Waals surface area contributed by atoms with Crippen molar-refractivity contribution in [3.63, 3.8) is 0 Å². The summed E-state index contributed by atoms with van der Waals surface area (Å²) in [4.78, 5) is 11.8. The zero-order valence-corrected chi connectivity index (χ0v) is 19.3. The second-order valence-electron chi connectivity index (χ2n) is 7.74. The Labute approximate surface area is 201 Å². The van der Waals surface area contributed by atoms with Crippen LogP contribution in [0.5, 0.6) is 5.75 Å². The largest absolute Gasteiger partial charge is 0.497 e. The summed E-state index contributed by atoms with van der Waals surface area (Å²) in [5, 5.41) is 14.4. The van der Waals surface area contributed by atoms with Crippen molar-refractivity contribution in [3.8, 4) is 17.1 Å². The van der Waals surface area contributed by atoms with E-state index in [0.29, 0.717) is 17.8 Å². The minimum Gasteiger partial charge on any atom is -0.497 e. The number of hydrazone groups is 1. The van der Waals surface area contributed by atoms with Crippen LogP contribution >= 0.6 is 0 Å². The van der Waals surface area contributed by atoms with Crippen LogP contribution in [0.3, 0.4) is 0 Å². The number of hydrogen-bond acceptors (Lipinski definition) is 7. The topological polar surface area (TPSA) is 90.1 Å². The van der Waals surface area contributed by atoms with Crippen molar-refractivity contribution in [2.75, 3.05) is 19.1 Å². The van der Waals surface area contributed by atoms with E-state index < -0.39 is 0 Å². The van der Waals surface area contributed by atoms with Gasteiger partial charge in [0.05, 0.1) is 36.7 Å². The maximum absolute atomic E-state index is 11.8. The molecule has 0 spiro atoms. The summed E-state index contributed by atoms with van der Waals surface area (Å²) in [6.45, 7) is 2.12. The number of aromatic nitrogens is 3. The Bertz CT molecular complexity index is 1520. The standard InChI is InChI=1S/C27H23N5O3/c1-3-35-27(33)19-8-12-22(13-9-19)29-28-17-21-16-20-6-4-5-7-24(20)32-25(30-31-26(21)32)18-10-14-23(34-2)15-11-18/h4-17,29H,3H2,1-2H3/b28-17+. The molecule has 0 amide bonds. The van der Waals surface area contributed by atoms with Gasteiger partial charge in [-0.15, -0.1) is 10.2 Å². The van der Waals surface area contributed by atoms with E-state index in [2.05, 4.69) is 20.7 Å². The molecule has 0 fully saturated rings. The molecule has 0 saturated carbocycles. The summed E-state index contributed by atoms with van der Waals surface area (Å²) in [5.41, 5.74) is 7.67. The monoisotopic (exact) mass is 465 g/mol. The summed E-state index contributed by atoms with van der Waals surface area (Å²) >= 11 is 0. The quantitative estimate of drug-likeness (QED) is 0.202. The molecule has 174 valence electrons. The molecule has 0 aliphatic heterocycles. The first-order chi connectivity index (χ1) is 17.2. The van der Waals surface area contributed by atoms with Crippen molar-refractivity contribution in [2.45, 2.75) is 6.92 Å². The maximum Gasteiger partial charge on any atom is 0.338 e. The summed E-state index contributed by atoms with van der Waals surface area (Å²) in [6, 6.07) is 24.8. The van der Waals surface area contributed by atoms with Crippen LogP contribution in [0.25, 0.3) is 27.9 Å². The Morgan fingerprint density at radius 2 is 1.80 bits per heavy atom. The van der Waals surface area contributed by atoms with Gasteiger partial charge in [-0.1, -0.05) is 18.2 Å². The van der Waals surface area contributed by atoms with Crippen molar-refractivity contribution in [1.82, 2.24) is 14.6 Å². The van der Waals surface area contributed by atoms with Gasteiger partial charge in [0.25, 0.3) is 0 Å². The number of carbonyl (C=O) groups is 1. The normalized spacial score (nSPS) is 11.3. The number of nitrogens with one attached hydrogen (secondary N) is 1. The Morgan fingerprint density at radius 3 is 2.54 bits per heavy atom. The molecule has 0 radical (unpaired) electrons. The van der Waals surface area contributed by atoms with E-state index in [0.717, 1.165) is 39.3 Å². The van der Waals surface area contributed by atoms with Crippen molar-refractivity contribution in [2.24, 2.45) is 5.10 Å². The minimum absolute atomic E-state index is 0.339. The van der Waals surface area contributed by atoms with Gasteiger partial charge in [0.2, 0.25) is 0 Å². The molecular formula is C27H23N5O3. The number of esters is 1. The summed E-state index contributed by atoms with van der Waals surface area (Å²) in [5.74, 6) is 1.17. The zero-order valence-electron chi connectivity index (χ0n) is 19.3. The van der Waals surface area contributed by atoms with Crippen LogP contribution in [0.15, 0.2) is 84.0 Å². The average Bonchev–Trinajstić information content (AvgIpc) is 3.35.